The third kappa shape index (κ3) is 5.33. The summed E-state index contributed by atoms with van der Waals surface area (Å²) in [7, 11) is 2.20. The van der Waals surface area contributed by atoms with Crippen molar-refractivity contribution in [3.8, 4) is 0 Å². The number of likely N-dealkylation sites (tertiary alicyclic amines) is 1. The summed E-state index contributed by atoms with van der Waals surface area (Å²) in [6.07, 6.45) is 6.10. The van der Waals surface area contributed by atoms with E-state index in [1.807, 2.05) is 0 Å². The molecule has 0 radical (unpaired) electrons. The summed E-state index contributed by atoms with van der Waals surface area (Å²) in [5.74, 6) is 0. The minimum absolute atomic E-state index is 0.650. The van der Waals surface area contributed by atoms with Crippen LogP contribution in [-0.4, -0.2) is 37.1 Å². The lowest BCUT2D eigenvalue weighted by Gasteiger charge is -2.18. The molecule has 0 spiro atoms. The number of rotatable bonds is 5. The highest BCUT2D eigenvalue weighted by Gasteiger charge is 2.20. The Morgan fingerprint density at radius 1 is 1.53 bits per heavy atom. The van der Waals surface area contributed by atoms with Crippen LogP contribution in [0.25, 0.3) is 0 Å². The third-order valence-electron chi connectivity index (χ3n) is 3.06. The zero-order valence-corrected chi connectivity index (χ0v) is 10.7. The van der Waals surface area contributed by atoms with Crippen molar-refractivity contribution in [2.45, 2.75) is 52.1 Å². The molecule has 0 aromatic heterocycles. The molecular formula is C13H26N2. The Balaban J connectivity index is 2.13. The van der Waals surface area contributed by atoms with Gasteiger partial charge in [0.15, 0.2) is 0 Å². The first-order chi connectivity index (χ1) is 7.08. The number of likely N-dealkylation sites (N-methyl/N-ethyl adjacent to an activating group) is 1. The van der Waals surface area contributed by atoms with Gasteiger partial charge in [-0.3, -0.25) is 0 Å². The Bertz CT molecular complexity index is 207. The van der Waals surface area contributed by atoms with Gasteiger partial charge in [-0.1, -0.05) is 11.6 Å². The SMILES string of the molecule is CC(C)=CCCC(C)NC1CCN(C)C1. The Hall–Kier alpha value is -0.340. The molecule has 0 amide bonds. The lowest BCUT2D eigenvalue weighted by atomic mass is 10.1. The van der Waals surface area contributed by atoms with Crippen LogP contribution in [0.15, 0.2) is 11.6 Å². The van der Waals surface area contributed by atoms with Crippen LogP contribution < -0.4 is 5.32 Å². The molecule has 15 heavy (non-hydrogen) atoms. The number of nitrogens with one attached hydrogen (secondary N) is 1. The fraction of sp³-hybridized carbons (Fsp3) is 0.846. The standard InChI is InChI=1S/C13H26N2/c1-11(2)6-5-7-12(3)14-13-8-9-15(4)10-13/h6,12-14H,5,7-10H2,1-4H3. The highest BCUT2D eigenvalue weighted by Crippen LogP contribution is 2.09. The van der Waals surface area contributed by atoms with E-state index in [2.05, 4.69) is 44.1 Å². The van der Waals surface area contributed by atoms with E-state index < -0.39 is 0 Å². The number of hydrogen-bond donors (Lipinski definition) is 1. The van der Waals surface area contributed by atoms with Crippen molar-refractivity contribution in [1.82, 2.24) is 10.2 Å². The van der Waals surface area contributed by atoms with Crippen molar-refractivity contribution in [1.29, 1.82) is 0 Å². The molecule has 1 saturated heterocycles. The summed E-state index contributed by atoms with van der Waals surface area (Å²) in [5.41, 5.74) is 1.43. The Labute approximate surface area is 94.7 Å². The van der Waals surface area contributed by atoms with Gasteiger partial charge >= 0.3 is 0 Å². The van der Waals surface area contributed by atoms with Gasteiger partial charge in [-0.15, -0.1) is 0 Å². The molecule has 0 saturated carbocycles. The molecule has 88 valence electrons. The van der Waals surface area contributed by atoms with E-state index in [4.69, 9.17) is 0 Å². The summed E-state index contributed by atoms with van der Waals surface area (Å²) < 4.78 is 0. The molecule has 2 nitrogen and oxygen atoms in total. The van der Waals surface area contributed by atoms with Crippen LogP contribution in [0.1, 0.15) is 40.0 Å². The van der Waals surface area contributed by atoms with Crippen molar-refractivity contribution in [3.63, 3.8) is 0 Å². The second-order valence-corrected chi connectivity index (χ2v) is 5.17. The Kier molecular flexibility index (Phi) is 5.34. The average Bonchev–Trinajstić information content (AvgIpc) is 2.50. The molecule has 1 fully saturated rings. The monoisotopic (exact) mass is 210 g/mol. The molecule has 2 unspecified atom stereocenters. The molecule has 0 aliphatic carbocycles. The van der Waals surface area contributed by atoms with E-state index in [1.165, 1.54) is 37.9 Å². The first kappa shape index (κ1) is 12.7. The second kappa shape index (κ2) is 6.29. The van der Waals surface area contributed by atoms with E-state index in [9.17, 15) is 0 Å². The predicted molar refractivity (Wildman–Crippen MR) is 67.2 cm³/mol. The zero-order chi connectivity index (χ0) is 11.3. The van der Waals surface area contributed by atoms with Gasteiger partial charge in [-0.05, 0) is 53.6 Å². The van der Waals surface area contributed by atoms with Crippen molar-refractivity contribution < 1.29 is 0 Å². The maximum Gasteiger partial charge on any atom is 0.0209 e. The number of nitrogens with zero attached hydrogens (tertiary/aromatic N) is 1. The molecule has 1 aliphatic rings. The van der Waals surface area contributed by atoms with E-state index in [1.54, 1.807) is 0 Å². The molecule has 0 bridgehead atoms. The molecule has 1 heterocycles. The van der Waals surface area contributed by atoms with Crippen LogP contribution in [0.3, 0.4) is 0 Å². The maximum absolute atomic E-state index is 3.71. The second-order valence-electron chi connectivity index (χ2n) is 5.17. The van der Waals surface area contributed by atoms with Crippen LogP contribution >= 0.6 is 0 Å². The summed E-state index contributed by atoms with van der Waals surface area (Å²) in [6.45, 7) is 9.11. The predicted octanol–water partition coefficient (Wildman–Crippen LogP) is 2.42. The average molecular weight is 210 g/mol. The summed E-state index contributed by atoms with van der Waals surface area (Å²) >= 11 is 0. The van der Waals surface area contributed by atoms with Crippen molar-refractivity contribution >= 4 is 0 Å². The van der Waals surface area contributed by atoms with Gasteiger partial charge in [0.1, 0.15) is 0 Å². The normalized spacial score (nSPS) is 24.1. The smallest absolute Gasteiger partial charge is 0.0209 e. The van der Waals surface area contributed by atoms with E-state index in [0.29, 0.717) is 6.04 Å². The minimum atomic E-state index is 0.650. The maximum atomic E-state index is 3.71. The Morgan fingerprint density at radius 3 is 2.80 bits per heavy atom. The summed E-state index contributed by atoms with van der Waals surface area (Å²) in [5, 5.41) is 3.71. The molecule has 0 aromatic carbocycles. The first-order valence-corrected chi connectivity index (χ1v) is 6.16. The molecule has 2 heteroatoms. The quantitative estimate of drug-likeness (QED) is 0.701. The molecule has 0 aromatic rings. The van der Waals surface area contributed by atoms with Crippen LogP contribution in [0.4, 0.5) is 0 Å². The summed E-state index contributed by atoms with van der Waals surface area (Å²) in [4.78, 5) is 2.40. The largest absolute Gasteiger partial charge is 0.310 e. The fourth-order valence-electron chi connectivity index (χ4n) is 2.18. The van der Waals surface area contributed by atoms with Gasteiger partial charge in [0, 0.05) is 18.6 Å². The third-order valence-corrected chi connectivity index (χ3v) is 3.06. The van der Waals surface area contributed by atoms with Crippen LogP contribution in [-0.2, 0) is 0 Å². The minimum Gasteiger partial charge on any atom is -0.310 e. The lowest BCUT2D eigenvalue weighted by molar-refractivity contribution is 0.380. The van der Waals surface area contributed by atoms with Gasteiger partial charge in [0.2, 0.25) is 0 Å². The highest BCUT2D eigenvalue weighted by atomic mass is 15.2. The van der Waals surface area contributed by atoms with Crippen molar-refractivity contribution in [3.05, 3.63) is 11.6 Å². The van der Waals surface area contributed by atoms with Gasteiger partial charge in [0.25, 0.3) is 0 Å². The lowest BCUT2D eigenvalue weighted by Crippen LogP contribution is -2.37. The van der Waals surface area contributed by atoms with Gasteiger partial charge < -0.3 is 10.2 Å². The first-order valence-electron chi connectivity index (χ1n) is 6.16. The van der Waals surface area contributed by atoms with E-state index in [-0.39, 0.29) is 0 Å². The van der Waals surface area contributed by atoms with E-state index >= 15 is 0 Å². The topological polar surface area (TPSA) is 15.3 Å². The highest BCUT2D eigenvalue weighted by molar-refractivity contribution is 4.93. The van der Waals surface area contributed by atoms with Gasteiger partial charge in [-0.2, -0.15) is 0 Å². The van der Waals surface area contributed by atoms with Crippen molar-refractivity contribution in [2.75, 3.05) is 20.1 Å². The fourth-order valence-corrected chi connectivity index (χ4v) is 2.18. The summed E-state index contributed by atoms with van der Waals surface area (Å²) in [6, 6.07) is 1.37. The van der Waals surface area contributed by atoms with Crippen LogP contribution in [0.5, 0.6) is 0 Å². The molecular weight excluding hydrogens is 184 g/mol. The molecule has 1 aliphatic heterocycles. The van der Waals surface area contributed by atoms with Crippen LogP contribution in [0, 0.1) is 0 Å². The van der Waals surface area contributed by atoms with Gasteiger partial charge in [0.05, 0.1) is 0 Å². The molecule has 1 N–H and O–H groups in total. The van der Waals surface area contributed by atoms with E-state index in [0.717, 1.165) is 6.04 Å². The van der Waals surface area contributed by atoms with Gasteiger partial charge in [-0.25, -0.2) is 0 Å². The Morgan fingerprint density at radius 2 is 2.27 bits per heavy atom. The molecule has 1 rings (SSSR count). The number of hydrogen-bond acceptors (Lipinski definition) is 2. The zero-order valence-electron chi connectivity index (χ0n) is 10.7. The molecule has 2 atom stereocenters. The van der Waals surface area contributed by atoms with Crippen molar-refractivity contribution in [2.24, 2.45) is 0 Å². The number of allylic oxidation sites excluding steroid dienone is 2. The van der Waals surface area contributed by atoms with Crippen LogP contribution in [0.2, 0.25) is 0 Å².